The second-order valence-corrected chi connectivity index (χ2v) is 7.90. The summed E-state index contributed by atoms with van der Waals surface area (Å²) in [6.07, 6.45) is 6.40. The molecule has 1 atom stereocenters. The first kappa shape index (κ1) is 14.5. The van der Waals surface area contributed by atoms with Gasteiger partial charge in [-0.1, -0.05) is 0 Å². The van der Waals surface area contributed by atoms with Gasteiger partial charge < -0.3 is 5.11 Å². The highest BCUT2D eigenvalue weighted by Gasteiger charge is 2.35. The second-order valence-electron chi connectivity index (χ2n) is 5.89. The van der Waals surface area contributed by atoms with Crippen LogP contribution in [0.4, 0.5) is 0 Å². The molecule has 7 nitrogen and oxygen atoms in total. The Bertz CT molecular complexity index is 636. The Morgan fingerprint density at radius 3 is 2.76 bits per heavy atom. The van der Waals surface area contributed by atoms with Crippen LogP contribution in [0.5, 0.6) is 0 Å². The zero-order chi connectivity index (χ0) is 15.0. The summed E-state index contributed by atoms with van der Waals surface area (Å²) in [6, 6.07) is -0.0826. The van der Waals surface area contributed by atoms with Crippen LogP contribution in [0.3, 0.4) is 0 Å². The van der Waals surface area contributed by atoms with E-state index in [0.29, 0.717) is 19.0 Å². The number of rotatable bonds is 5. The predicted octanol–water partition coefficient (Wildman–Crippen LogP) is 0.958. The van der Waals surface area contributed by atoms with Crippen molar-refractivity contribution in [1.82, 2.24) is 14.1 Å². The van der Waals surface area contributed by atoms with Gasteiger partial charge in [0.2, 0.25) is 10.0 Å². The van der Waals surface area contributed by atoms with Crippen LogP contribution < -0.4 is 0 Å². The largest absolute Gasteiger partial charge is 0.478 e. The minimum Gasteiger partial charge on any atom is -0.478 e. The summed E-state index contributed by atoms with van der Waals surface area (Å²) in [5, 5.41) is 13.0. The van der Waals surface area contributed by atoms with Crippen LogP contribution >= 0.6 is 0 Å². The summed E-state index contributed by atoms with van der Waals surface area (Å²) >= 11 is 0. The molecule has 21 heavy (non-hydrogen) atoms. The highest BCUT2D eigenvalue weighted by atomic mass is 32.2. The Kier molecular flexibility index (Phi) is 3.75. The van der Waals surface area contributed by atoms with Crippen molar-refractivity contribution in [2.45, 2.75) is 31.7 Å². The predicted molar refractivity (Wildman–Crippen MR) is 75.5 cm³/mol. The number of nitrogens with zero attached hydrogens (tertiary/aromatic N) is 3. The molecule has 0 aromatic carbocycles. The lowest BCUT2D eigenvalue weighted by atomic mass is 10.1. The fourth-order valence-electron chi connectivity index (χ4n) is 2.73. The van der Waals surface area contributed by atoms with Crippen molar-refractivity contribution in [2.75, 3.05) is 18.8 Å². The van der Waals surface area contributed by atoms with Gasteiger partial charge in [0.1, 0.15) is 0 Å². The molecule has 1 aromatic heterocycles. The van der Waals surface area contributed by atoms with Gasteiger partial charge in [-0.25, -0.2) is 13.2 Å². The highest BCUT2D eigenvalue weighted by Crippen LogP contribution is 2.32. The molecule has 1 aromatic rings. The Morgan fingerprint density at radius 2 is 2.14 bits per heavy atom. The average Bonchev–Trinajstić information content (AvgIpc) is 3.09. The van der Waals surface area contributed by atoms with E-state index < -0.39 is 16.0 Å². The molecule has 2 fully saturated rings. The van der Waals surface area contributed by atoms with Gasteiger partial charge in [-0.3, -0.25) is 4.68 Å². The van der Waals surface area contributed by atoms with Gasteiger partial charge in [-0.2, -0.15) is 9.40 Å². The maximum absolute atomic E-state index is 12.3. The number of carboxylic acid groups (broad SMARTS) is 1. The van der Waals surface area contributed by atoms with Crippen LogP contribution in [0.2, 0.25) is 0 Å². The molecular formula is C13H19N3O4S. The van der Waals surface area contributed by atoms with Gasteiger partial charge >= 0.3 is 5.97 Å². The molecule has 116 valence electrons. The summed E-state index contributed by atoms with van der Waals surface area (Å²) in [5.41, 5.74) is 0.132. The summed E-state index contributed by atoms with van der Waals surface area (Å²) in [5.74, 6) is -0.437. The Morgan fingerprint density at radius 1 is 1.38 bits per heavy atom. The molecule has 2 aliphatic rings. The number of hydrogen-bond acceptors (Lipinski definition) is 4. The Balaban J connectivity index is 1.71. The molecule has 1 N–H and O–H groups in total. The molecule has 1 saturated carbocycles. The summed E-state index contributed by atoms with van der Waals surface area (Å²) < 4.78 is 27.8. The first-order chi connectivity index (χ1) is 9.95. The van der Waals surface area contributed by atoms with E-state index in [1.165, 1.54) is 12.4 Å². The molecule has 0 radical (unpaired) electrons. The molecule has 1 aliphatic heterocycles. The maximum atomic E-state index is 12.3. The zero-order valence-corrected chi connectivity index (χ0v) is 12.5. The standard InChI is InChI=1S/C13H19N3O4S/c17-13(18)11-6-14-16(7-11)12-2-1-5-15(8-12)21(19,20)9-10-3-4-10/h6-7,10,12H,1-5,8-9H2,(H,17,18). The lowest BCUT2D eigenvalue weighted by molar-refractivity contribution is 0.0696. The van der Waals surface area contributed by atoms with Gasteiger partial charge in [0, 0.05) is 19.3 Å². The second kappa shape index (κ2) is 5.42. The maximum Gasteiger partial charge on any atom is 0.338 e. The van der Waals surface area contributed by atoms with Crippen LogP contribution in [0.15, 0.2) is 12.4 Å². The monoisotopic (exact) mass is 313 g/mol. The summed E-state index contributed by atoms with van der Waals surface area (Å²) in [4.78, 5) is 10.9. The molecule has 1 unspecified atom stereocenters. The van der Waals surface area contributed by atoms with Crippen molar-refractivity contribution >= 4 is 16.0 Å². The van der Waals surface area contributed by atoms with Crippen molar-refractivity contribution in [1.29, 1.82) is 0 Å². The molecule has 1 saturated heterocycles. The third-order valence-corrected chi connectivity index (χ3v) is 6.13. The quantitative estimate of drug-likeness (QED) is 0.874. The van der Waals surface area contributed by atoms with Crippen LogP contribution in [0.1, 0.15) is 42.1 Å². The molecule has 3 rings (SSSR count). The minimum atomic E-state index is -3.19. The van der Waals surface area contributed by atoms with E-state index in [1.54, 1.807) is 8.99 Å². The van der Waals surface area contributed by atoms with Crippen molar-refractivity contribution in [3.05, 3.63) is 18.0 Å². The molecule has 0 amide bonds. The summed E-state index contributed by atoms with van der Waals surface area (Å²) in [7, 11) is -3.19. The van der Waals surface area contributed by atoms with Crippen molar-refractivity contribution < 1.29 is 18.3 Å². The fraction of sp³-hybridized carbons (Fsp3) is 0.692. The van der Waals surface area contributed by atoms with Crippen molar-refractivity contribution in [3.8, 4) is 0 Å². The number of carboxylic acids is 1. The Hall–Kier alpha value is -1.41. The van der Waals surface area contributed by atoms with Crippen LogP contribution in [0.25, 0.3) is 0 Å². The average molecular weight is 313 g/mol. The minimum absolute atomic E-state index is 0.0826. The third kappa shape index (κ3) is 3.26. The molecule has 0 bridgehead atoms. The van der Waals surface area contributed by atoms with Gasteiger partial charge in [-0.15, -0.1) is 0 Å². The molecule has 0 spiro atoms. The van der Waals surface area contributed by atoms with Crippen molar-refractivity contribution in [3.63, 3.8) is 0 Å². The lowest BCUT2D eigenvalue weighted by Gasteiger charge is -2.32. The van der Waals surface area contributed by atoms with Gasteiger partial charge in [-0.05, 0) is 31.6 Å². The molecule has 2 heterocycles. The van der Waals surface area contributed by atoms with E-state index in [0.717, 1.165) is 25.7 Å². The SMILES string of the molecule is O=C(O)c1cnn(C2CCCN(S(=O)(=O)CC3CC3)C2)c1. The topological polar surface area (TPSA) is 92.5 Å². The number of hydrogen-bond donors (Lipinski definition) is 1. The summed E-state index contributed by atoms with van der Waals surface area (Å²) in [6.45, 7) is 0.939. The van der Waals surface area contributed by atoms with Crippen LogP contribution in [0, 0.1) is 5.92 Å². The van der Waals surface area contributed by atoms with E-state index in [9.17, 15) is 13.2 Å². The number of aromatic carboxylic acids is 1. The molecule has 8 heteroatoms. The molecule has 1 aliphatic carbocycles. The van der Waals surface area contributed by atoms with Crippen LogP contribution in [-0.4, -0.2) is 52.4 Å². The third-order valence-electron chi connectivity index (χ3n) is 4.12. The van der Waals surface area contributed by atoms with E-state index in [4.69, 9.17) is 5.11 Å². The lowest BCUT2D eigenvalue weighted by Crippen LogP contribution is -2.42. The first-order valence-corrected chi connectivity index (χ1v) is 8.82. The van der Waals surface area contributed by atoms with Crippen LogP contribution in [-0.2, 0) is 10.0 Å². The van der Waals surface area contributed by atoms with Gasteiger partial charge in [0.05, 0.1) is 23.6 Å². The normalized spacial score (nSPS) is 24.1. The fourth-order valence-corrected chi connectivity index (χ4v) is 4.67. The number of carbonyl (C=O) groups is 1. The first-order valence-electron chi connectivity index (χ1n) is 7.21. The number of sulfonamides is 1. The zero-order valence-electron chi connectivity index (χ0n) is 11.7. The Labute approximate surface area is 123 Å². The number of piperidine rings is 1. The van der Waals surface area contributed by atoms with E-state index >= 15 is 0 Å². The van der Waals surface area contributed by atoms with Gasteiger partial charge in [0.15, 0.2) is 0 Å². The smallest absolute Gasteiger partial charge is 0.338 e. The highest BCUT2D eigenvalue weighted by molar-refractivity contribution is 7.89. The van der Waals surface area contributed by atoms with Crippen molar-refractivity contribution in [2.24, 2.45) is 5.92 Å². The molecular weight excluding hydrogens is 294 g/mol. The van der Waals surface area contributed by atoms with E-state index in [2.05, 4.69) is 5.10 Å². The van der Waals surface area contributed by atoms with Gasteiger partial charge in [0.25, 0.3) is 0 Å². The van der Waals surface area contributed by atoms with E-state index in [1.807, 2.05) is 0 Å². The van der Waals surface area contributed by atoms with E-state index in [-0.39, 0.29) is 17.4 Å². The number of aromatic nitrogens is 2.